The standard InChI is InChI=1S/C22H35N5O6S/c1-4-25(5-2)20(28)17-24-7-6-8-26(10-9-24)21-19(15-18(16-23-21)22(29)32-3)34(30,31)27-11-13-33-14-12-27/h15-16H,4-14,17H2,1-3H3. The van der Waals surface area contributed by atoms with E-state index in [1.807, 2.05) is 23.6 Å². The largest absolute Gasteiger partial charge is 0.465 e. The molecule has 0 N–H and O–H groups in total. The summed E-state index contributed by atoms with van der Waals surface area (Å²) in [4.78, 5) is 34.9. The summed E-state index contributed by atoms with van der Waals surface area (Å²) in [5.41, 5.74) is 0.0827. The number of sulfonamides is 1. The fraction of sp³-hybridized carbons (Fsp3) is 0.682. The first-order valence-corrected chi connectivity index (χ1v) is 13.2. The molecule has 2 aliphatic heterocycles. The number of aromatic nitrogens is 1. The molecule has 1 aromatic heterocycles. The van der Waals surface area contributed by atoms with Crippen molar-refractivity contribution < 1.29 is 27.5 Å². The maximum atomic E-state index is 13.5. The lowest BCUT2D eigenvalue weighted by molar-refractivity contribution is -0.132. The normalized spacial score (nSPS) is 18.4. The SMILES string of the molecule is CCN(CC)C(=O)CN1CCCN(c2ncc(C(=O)OC)cc2S(=O)(=O)N2CCOCC2)CC1. The molecule has 3 rings (SSSR count). The van der Waals surface area contributed by atoms with Gasteiger partial charge in [-0.05, 0) is 26.3 Å². The number of likely N-dealkylation sites (N-methyl/N-ethyl adjacent to an activating group) is 1. The molecule has 0 spiro atoms. The second kappa shape index (κ2) is 11.9. The van der Waals surface area contributed by atoms with Gasteiger partial charge < -0.3 is 19.3 Å². The Kier molecular flexibility index (Phi) is 9.23. The minimum Gasteiger partial charge on any atom is -0.465 e. The minimum atomic E-state index is -3.90. The van der Waals surface area contributed by atoms with Gasteiger partial charge in [0.2, 0.25) is 15.9 Å². The van der Waals surface area contributed by atoms with E-state index in [-0.39, 0.29) is 29.5 Å². The van der Waals surface area contributed by atoms with Gasteiger partial charge in [0, 0.05) is 58.6 Å². The third-order valence-electron chi connectivity index (χ3n) is 6.20. The van der Waals surface area contributed by atoms with Gasteiger partial charge in [-0.3, -0.25) is 9.69 Å². The number of hydrogen-bond acceptors (Lipinski definition) is 9. The summed E-state index contributed by atoms with van der Waals surface area (Å²) in [5.74, 6) is -0.236. The number of hydrogen-bond donors (Lipinski definition) is 0. The van der Waals surface area contributed by atoms with Crippen LogP contribution in [0.5, 0.6) is 0 Å². The number of methoxy groups -OCH3 is 1. The summed E-state index contributed by atoms with van der Waals surface area (Å²) in [6, 6.07) is 1.35. The number of carbonyl (C=O) groups excluding carboxylic acids is 2. The molecule has 190 valence electrons. The van der Waals surface area contributed by atoms with Crippen LogP contribution >= 0.6 is 0 Å². The van der Waals surface area contributed by atoms with E-state index in [2.05, 4.69) is 9.88 Å². The quantitative estimate of drug-likeness (QED) is 0.467. The highest BCUT2D eigenvalue weighted by atomic mass is 32.2. The van der Waals surface area contributed by atoms with Crippen molar-refractivity contribution in [3.8, 4) is 0 Å². The molecule has 0 saturated carbocycles. The second-order valence-corrected chi connectivity index (χ2v) is 10.1. The number of rotatable bonds is 8. The highest BCUT2D eigenvalue weighted by molar-refractivity contribution is 7.89. The highest BCUT2D eigenvalue weighted by Gasteiger charge is 2.33. The molecule has 12 heteroatoms. The van der Waals surface area contributed by atoms with E-state index in [1.54, 1.807) is 0 Å². The van der Waals surface area contributed by atoms with Crippen LogP contribution in [0.4, 0.5) is 5.82 Å². The number of pyridine rings is 1. The van der Waals surface area contributed by atoms with E-state index < -0.39 is 16.0 Å². The number of amides is 1. The van der Waals surface area contributed by atoms with Crippen LogP contribution in [0, 0.1) is 0 Å². The van der Waals surface area contributed by atoms with Crippen molar-refractivity contribution in [3.63, 3.8) is 0 Å². The summed E-state index contributed by atoms with van der Waals surface area (Å²) in [5, 5.41) is 0. The first kappa shape index (κ1) is 26.3. The molecule has 2 saturated heterocycles. The molecule has 0 radical (unpaired) electrons. The van der Waals surface area contributed by atoms with Gasteiger partial charge in [-0.15, -0.1) is 0 Å². The Labute approximate surface area is 201 Å². The summed E-state index contributed by atoms with van der Waals surface area (Å²) in [6.07, 6.45) is 2.11. The lowest BCUT2D eigenvalue weighted by Gasteiger charge is -2.29. The van der Waals surface area contributed by atoms with E-state index in [9.17, 15) is 18.0 Å². The van der Waals surface area contributed by atoms with Gasteiger partial charge in [-0.25, -0.2) is 18.2 Å². The van der Waals surface area contributed by atoms with Crippen LogP contribution in [-0.4, -0.2) is 119 Å². The molecule has 2 fully saturated rings. The molecule has 0 atom stereocenters. The van der Waals surface area contributed by atoms with E-state index in [1.165, 1.54) is 23.7 Å². The predicted octanol–water partition coefficient (Wildman–Crippen LogP) is 0.270. The first-order valence-electron chi connectivity index (χ1n) is 11.7. The van der Waals surface area contributed by atoms with Crippen LogP contribution in [0.25, 0.3) is 0 Å². The number of ether oxygens (including phenoxy) is 2. The predicted molar refractivity (Wildman–Crippen MR) is 126 cm³/mol. The number of anilines is 1. The number of nitrogens with zero attached hydrogens (tertiary/aromatic N) is 5. The van der Waals surface area contributed by atoms with Crippen LogP contribution in [0.15, 0.2) is 17.2 Å². The van der Waals surface area contributed by atoms with Crippen molar-refractivity contribution in [1.29, 1.82) is 0 Å². The van der Waals surface area contributed by atoms with E-state index >= 15 is 0 Å². The van der Waals surface area contributed by atoms with Crippen molar-refractivity contribution in [1.82, 2.24) is 19.1 Å². The minimum absolute atomic E-state index is 0.00929. The van der Waals surface area contributed by atoms with Crippen LogP contribution in [-0.2, 0) is 24.3 Å². The van der Waals surface area contributed by atoms with Crippen LogP contribution < -0.4 is 4.90 Å². The molecular formula is C22H35N5O6S. The number of esters is 1. The first-order chi connectivity index (χ1) is 16.3. The molecule has 3 heterocycles. The van der Waals surface area contributed by atoms with Gasteiger partial charge in [0.1, 0.15) is 10.7 Å². The molecule has 0 bridgehead atoms. The number of carbonyl (C=O) groups is 2. The Balaban J connectivity index is 1.85. The molecule has 0 unspecified atom stereocenters. The average Bonchev–Trinajstić information content (AvgIpc) is 3.10. The van der Waals surface area contributed by atoms with Crippen molar-refractivity contribution in [3.05, 3.63) is 17.8 Å². The molecule has 0 aromatic carbocycles. The van der Waals surface area contributed by atoms with Crippen LogP contribution in [0.3, 0.4) is 0 Å². The Morgan fingerprint density at radius 1 is 1.09 bits per heavy atom. The van der Waals surface area contributed by atoms with Gasteiger partial charge >= 0.3 is 5.97 Å². The van der Waals surface area contributed by atoms with E-state index in [0.717, 1.165) is 13.0 Å². The van der Waals surface area contributed by atoms with Crippen molar-refractivity contribution in [2.45, 2.75) is 25.2 Å². The zero-order chi connectivity index (χ0) is 24.7. The fourth-order valence-corrected chi connectivity index (χ4v) is 5.83. The van der Waals surface area contributed by atoms with Gasteiger partial charge in [-0.2, -0.15) is 4.31 Å². The van der Waals surface area contributed by atoms with Gasteiger partial charge in [0.25, 0.3) is 0 Å². The Bertz CT molecular complexity index is 963. The maximum Gasteiger partial charge on any atom is 0.339 e. The Hall–Kier alpha value is -2.28. The van der Waals surface area contributed by atoms with Crippen LogP contribution in [0.1, 0.15) is 30.6 Å². The molecule has 1 amide bonds. The highest BCUT2D eigenvalue weighted by Crippen LogP contribution is 2.28. The lowest BCUT2D eigenvalue weighted by atomic mass is 10.2. The Morgan fingerprint density at radius 3 is 2.44 bits per heavy atom. The monoisotopic (exact) mass is 497 g/mol. The molecule has 11 nitrogen and oxygen atoms in total. The van der Waals surface area contributed by atoms with Crippen LogP contribution in [0.2, 0.25) is 0 Å². The lowest BCUT2D eigenvalue weighted by Crippen LogP contribution is -2.42. The summed E-state index contributed by atoms with van der Waals surface area (Å²) < 4.78 is 38.5. The molecule has 34 heavy (non-hydrogen) atoms. The van der Waals surface area contributed by atoms with Gasteiger partial charge in [-0.1, -0.05) is 0 Å². The fourth-order valence-electron chi connectivity index (χ4n) is 4.23. The zero-order valence-electron chi connectivity index (χ0n) is 20.2. The van der Waals surface area contributed by atoms with Gasteiger partial charge in [0.15, 0.2) is 0 Å². The maximum absolute atomic E-state index is 13.5. The third kappa shape index (κ3) is 6.04. The van der Waals surface area contributed by atoms with Crippen molar-refractivity contribution >= 4 is 27.7 Å². The smallest absolute Gasteiger partial charge is 0.339 e. The summed E-state index contributed by atoms with van der Waals surface area (Å²) >= 11 is 0. The Morgan fingerprint density at radius 2 is 1.79 bits per heavy atom. The van der Waals surface area contributed by atoms with Crippen molar-refractivity contribution in [2.24, 2.45) is 0 Å². The zero-order valence-corrected chi connectivity index (χ0v) is 21.1. The second-order valence-electron chi connectivity index (χ2n) is 8.24. The molecule has 1 aromatic rings. The average molecular weight is 498 g/mol. The van der Waals surface area contributed by atoms with Crippen molar-refractivity contribution in [2.75, 3.05) is 84.1 Å². The summed E-state index contributed by atoms with van der Waals surface area (Å²) in [6.45, 7) is 9.17. The molecule has 0 aliphatic carbocycles. The molecule has 2 aliphatic rings. The third-order valence-corrected chi connectivity index (χ3v) is 8.11. The van der Waals surface area contributed by atoms with E-state index in [4.69, 9.17) is 9.47 Å². The molecular weight excluding hydrogens is 462 g/mol. The summed E-state index contributed by atoms with van der Waals surface area (Å²) in [7, 11) is -2.66. The van der Waals surface area contributed by atoms with E-state index in [0.29, 0.717) is 58.3 Å². The topological polar surface area (TPSA) is 113 Å². The van der Waals surface area contributed by atoms with Gasteiger partial charge in [0.05, 0.1) is 32.4 Å². The number of morpholine rings is 1.